The largest absolute Gasteiger partial charge is 0.371 e. The molecule has 1 aliphatic heterocycles. The molecular weight excluding hydrogens is 292 g/mol. The zero-order valence-corrected chi connectivity index (χ0v) is 12.4. The van der Waals surface area contributed by atoms with E-state index in [0.29, 0.717) is 12.3 Å². The van der Waals surface area contributed by atoms with Crippen molar-refractivity contribution in [3.63, 3.8) is 0 Å². The molecule has 1 fully saturated rings. The van der Waals surface area contributed by atoms with Gasteiger partial charge in [0.1, 0.15) is 17.4 Å². The van der Waals surface area contributed by atoms with Gasteiger partial charge in [-0.15, -0.1) is 0 Å². The number of amides is 1. The summed E-state index contributed by atoms with van der Waals surface area (Å²) in [5.41, 5.74) is 2.14. The first kappa shape index (κ1) is 13.9. The summed E-state index contributed by atoms with van der Waals surface area (Å²) in [6.45, 7) is 0.621. The molecule has 3 aromatic rings. The van der Waals surface area contributed by atoms with E-state index in [1.54, 1.807) is 18.6 Å². The second kappa shape index (κ2) is 5.81. The Morgan fingerprint density at radius 2 is 2.26 bits per heavy atom. The summed E-state index contributed by atoms with van der Waals surface area (Å²) < 4.78 is 7.60. The van der Waals surface area contributed by atoms with Crippen LogP contribution in [0.1, 0.15) is 28.6 Å². The SMILES string of the molecule is O=C(N[C@H]1CCO[C@@H]1c1cccnc1)c1cn2ccccc2n1. The number of pyridine rings is 2. The molecule has 6 nitrogen and oxygen atoms in total. The topological polar surface area (TPSA) is 68.5 Å². The van der Waals surface area contributed by atoms with Gasteiger partial charge in [-0.3, -0.25) is 9.78 Å². The summed E-state index contributed by atoms with van der Waals surface area (Å²) in [4.78, 5) is 21.0. The molecule has 4 heterocycles. The van der Waals surface area contributed by atoms with Crippen molar-refractivity contribution < 1.29 is 9.53 Å². The summed E-state index contributed by atoms with van der Waals surface area (Å²) in [5, 5.41) is 3.04. The minimum Gasteiger partial charge on any atom is -0.371 e. The van der Waals surface area contributed by atoms with Gasteiger partial charge in [-0.1, -0.05) is 12.1 Å². The van der Waals surface area contributed by atoms with Crippen LogP contribution in [0.2, 0.25) is 0 Å². The zero-order chi connectivity index (χ0) is 15.6. The quantitative estimate of drug-likeness (QED) is 0.803. The van der Waals surface area contributed by atoms with Crippen molar-refractivity contribution in [2.24, 2.45) is 0 Å². The molecule has 0 saturated carbocycles. The molecule has 6 heteroatoms. The molecule has 1 aliphatic rings. The fourth-order valence-electron chi connectivity index (χ4n) is 2.90. The first-order valence-corrected chi connectivity index (χ1v) is 7.57. The summed E-state index contributed by atoms with van der Waals surface area (Å²) >= 11 is 0. The number of rotatable bonds is 3. The Bertz CT molecular complexity index is 798. The van der Waals surface area contributed by atoms with Crippen molar-refractivity contribution >= 4 is 11.6 Å². The third-order valence-electron chi connectivity index (χ3n) is 4.02. The molecule has 116 valence electrons. The number of imidazole rings is 1. The summed E-state index contributed by atoms with van der Waals surface area (Å²) in [6.07, 6.45) is 7.72. The number of ether oxygens (including phenoxy) is 1. The maximum Gasteiger partial charge on any atom is 0.271 e. The number of carbonyl (C=O) groups is 1. The highest BCUT2D eigenvalue weighted by Crippen LogP contribution is 2.28. The van der Waals surface area contributed by atoms with Crippen LogP contribution in [0.3, 0.4) is 0 Å². The Morgan fingerprint density at radius 3 is 3.09 bits per heavy atom. The molecule has 3 aromatic heterocycles. The van der Waals surface area contributed by atoms with E-state index in [-0.39, 0.29) is 18.1 Å². The molecular formula is C17H16N4O2. The van der Waals surface area contributed by atoms with Gasteiger partial charge < -0.3 is 14.5 Å². The molecule has 23 heavy (non-hydrogen) atoms. The Morgan fingerprint density at radius 1 is 1.30 bits per heavy atom. The fraction of sp³-hybridized carbons (Fsp3) is 0.235. The van der Waals surface area contributed by atoms with Crippen LogP contribution in [0.4, 0.5) is 0 Å². The van der Waals surface area contributed by atoms with Crippen LogP contribution in [-0.4, -0.2) is 32.9 Å². The van der Waals surface area contributed by atoms with Crippen molar-refractivity contribution in [1.29, 1.82) is 0 Å². The van der Waals surface area contributed by atoms with Crippen molar-refractivity contribution in [1.82, 2.24) is 19.7 Å². The predicted octanol–water partition coefficient (Wildman–Crippen LogP) is 1.99. The zero-order valence-electron chi connectivity index (χ0n) is 12.4. The Kier molecular flexibility index (Phi) is 3.51. The predicted molar refractivity (Wildman–Crippen MR) is 84.0 cm³/mol. The Balaban J connectivity index is 1.53. The van der Waals surface area contributed by atoms with Gasteiger partial charge in [-0.25, -0.2) is 4.98 Å². The van der Waals surface area contributed by atoms with Gasteiger partial charge in [0.15, 0.2) is 0 Å². The third-order valence-corrected chi connectivity index (χ3v) is 4.02. The van der Waals surface area contributed by atoms with E-state index in [4.69, 9.17) is 4.74 Å². The van der Waals surface area contributed by atoms with Crippen LogP contribution in [0.5, 0.6) is 0 Å². The maximum atomic E-state index is 12.5. The first-order chi connectivity index (χ1) is 11.3. The van der Waals surface area contributed by atoms with E-state index in [1.165, 1.54) is 0 Å². The smallest absolute Gasteiger partial charge is 0.271 e. The Labute approximate surface area is 133 Å². The molecule has 0 spiro atoms. The lowest BCUT2D eigenvalue weighted by atomic mass is 10.0. The van der Waals surface area contributed by atoms with Crippen LogP contribution in [0.15, 0.2) is 55.1 Å². The molecule has 1 saturated heterocycles. The molecule has 0 aliphatic carbocycles. The second-order valence-corrected chi connectivity index (χ2v) is 5.54. The molecule has 4 rings (SSSR count). The monoisotopic (exact) mass is 308 g/mol. The van der Waals surface area contributed by atoms with Crippen LogP contribution in [0.25, 0.3) is 5.65 Å². The average Bonchev–Trinajstić information content (AvgIpc) is 3.22. The number of nitrogens with zero attached hydrogens (tertiary/aromatic N) is 3. The standard InChI is InChI=1S/C17H16N4O2/c22-17(14-11-21-8-2-1-5-15(21)19-14)20-13-6-9-23-16(13)12-4-3-7-18-10-12/h1-5,7-8,10-11,13,16H,6,9H2,(H,20,22)/t13-,16+/m0/s1. The summed E-state index contributed by atoms with van der Waals surface area (Å²) in [7, 11) is 0. The van der Waals surface area contributed by atoms with Crippen molar-refractivity contribution in [2.75, 3.05) is 6.61 Å². The van der Waals surface area contributed by atoms with Crippen LogP contribution in [0, 0.1) is 0 Å². The lowest BCUT2D eigenvalue weighted by Crippen LogP contribution is -2.37. The van der Waals surface area contributed by atoms with E-state index < -0.39 is 0 Å². The van der Waals surface area contributed by atoms with E-state index in [9.17, 15) is 4.79 Å². The van der Waals surface area contributed by atoms with E-state index in [1.807, 2.05) is 40.9 Å². The lowest BCUT2D eigenvalue weighted by molar-refractivity contribution is 0.0817. The van der Waals surface area contributed by atoms with Crippen LogP contribution >= 0.6 is 0 Å². The number of fused-ring (bicyclic) bond motifs is 1. The number of carbonyl (C=O) groups excluding carboxylic acids is 1. The second-order valence-electron chi connectivity index (χ2n) is 5.54. The molecule has 2 atom stereocenters. The molecule has 1 amide bonds. The van der Waals surface area contributed by atoms with Crippen molar-refractivity contribution in [3.05, 3.63) is 66.4 Å². The van der Waals surface area contributed by atoms with Gasteiger partial charge in [0.05, 0.1) is 6.04 Å². The van der Waals surface area contributed by atoms with Gasteiger partial charge in [-0.2, -0.15) is 0 Å². The third kappa shape index (κ3) is 2.68. The van der Waals surface area contributed by atoms with Gasteiger partial charge >= 0.3 is 0 Å². The minimum atomic E-state index is -0.182. The first-order valence-electron chi connectivity index (χ1n) is 7.57. The lowest BCUT2D eigenvalue weighted by Gasteiger charge is -2.19. The van der Waals surface area contributed by atoms with Crippen LogP contribution < -0.4 is 5.32 Å². The number of nitrogens with one attached hydrogen (secondary N) is 1. The summed E-state index contributed by atoms with van der Waals surface area (Å²) in [6, 6.07) is 9.43. The number of hydrogen-bond acceptors (Lipinski definition) is 4. The highest BCUT2D eigenvalue weighted by molar-refractivity contribution is 5.93. The highest BCUT2D eigenvalue weighted by atomic mass is 16.5. The molecule has 0 bridgehead atoms. The maximum absolute atomic E-state index is 12.5. The number of hydrogen-bond donors (Lipinski definition) is 1. The van der Waals surface area contributed by atoms with E-state index >= 15 is 0 Å². The molecule has 1 N–H and O–H groups in total. The minimum absolute atomic E-state index is 0.0727. The van der Waals surface area contributed by atoms with Crippen molar-refractivity contribution in [2.45, 2.75) is 18.6 Å². The highest BCUT2D eigenvalue weighted by Gasteiger charge is 2.31. The van der Waals surface area contributed by atoms with E-state index in [0.717, 1.165) is 17.6 Å². The van der Waals surface area contributed by atoms with Crippen molar-refractivity contribution in [3.8, 4) is 0 Å². The fourth-order valence-corrected chi connectivity index (χ4v) is 2.90. The van der Waals surface area contributed by atoms with Gasteiger partial charge in [0.2, 0.25) is 0 Å². The Hall–Kier alpha value is -2.73. The normalized spacial score (nSPS) is 20.7. The van der Waals surface area contributed by atoms with Crippen LogP contribution in [-0.2, 0) is 4.74 Å². The van der Waals surface area contributed by atoms with E-state index in [2.05, 4.69) is 15.3 Å². The molecule has 0 aromatic carbocycles. The number of aromatic nitrogens is 3. The van der Waals surface area contributed by atoms with Gasteiger partial charge in [-0.05, 0) is 24.6 Å². The average molecular weight is 308 g/mol. The van der Waals surface area contributed by atoms with Gasteiger partial charge in [0.25, 0.3) is 5.91 Å². The molecule has 0 unspecified atom stereocenters. The summed E-state index contributed by atoms with van der Waals surface area (Å²) in [5.74, 6) is -0.182. The van der Waals surface area contributed by atoms with Gasteiger partial charge in [0, 0.05) is 37.0 Å². The molecule has 0 radical (unpaired) electrons.